The first kappa shape index (κ1) is 14.9. The number of rotatable bonds is 9. The lowest BCUT2D eigenvalue weighted by Crippen LogP contribution is -2.39. The minimum atomic E-state index is -0.537. The number of hydrogen-bond donors (Lipinski definition) is 2. The van der Waals surface area contributed by atoms with Crippen LogP contribution in [0.4, 0.5) is 0 Å². The lowest BCUT2D eigenvalue weighted by atomic mass is 9.87. The van der Waals surface area contributed by atoms with Gasteiger partial charge in [-0.2, -0.15) is 0 Å². The van der Waals surface area contributed by atoms with E-state index in [9.17, 15) is 5.11 Å². The van der Waals surface area contributed by atoms with Gasteiger partial charge in [-0.05, 0) is 25.8 Å². The van der Waals surface area contributed by atoms with Gasteiger partial charge < -0.3 is 10.4 Å². The molecule has 2 heteroatoms. The van der Waals surface area contributed by atoms with Crippen molar-refractivity contribution in [2.24, 2.45) is 5.92 Å². The molecule has 0 saturated heterocycles. The van der Waals surface area contributed by atoms with Gasteiger partial charge in [0.25, 0.3) is 0 Å². The lowest BCUT2D eigenvalue weighted by molar-refractivity contribution is 0.0320. The van der Waals surface area contributed by atoms with Crippen LogP contribution in [0.5, 0.6) is 0 Å². The summed E-state index contributed by atoms with van der Waals surface area (Å²) in [5, 5.41) is 13.4. The van der Waals surface area contributed by atoms with E-state index in [-0.39, 0.29) is 0 Å². The molecule has 0 aromatic carbocycles. The van der Waals surface area contributed by atoms with Crippen molar-refractivity contribution in [3.05, 3.63) is 0 Å². The first-order valence-corrected chi connectivity index (χ1v) is 6.48. The van der Waals surface area contributed by atoms with E-state index in [1.807, 2.05) is 6.92 Å². The van der Waals surface area contributed by atoms with Crippen molar-refractivity contribution >= 4 is 0 Å². The molecule has 15 heavy (non-hydrogen) atoms. The van der Waals surface area contributed by atoms with Gasteiger partial charge in [0.15, 0.2) is 0 Å². The summed E-state index contributed by atoms with van der Waals surface area (Å²) >= 11 is 0. The van der Waals surface area contributed by atoms with Gasteiger partial charge >= 0.3 is 0 Å². The van der Waals surface area contributed by atoms with Crippen LogP contribution in [-0.2, 0) is 0 Å². The Morgan fingerprint density at radius 2 is 1.93 bits per heavy atom. The zero-order chi connectivity index (χ0) is 11.7. The molecule has 0 rings (SSSR count). The van der Waals surface area contributed by atoms with Crippen LogP contribution in [0, 0.1) is 5.92 Å². The number of nitrogens with one attached hydrogen (secondary N) is 1. The number of likely N-dealkylation sites (N-methyl/N-ethyl adjacent to an activating group) is 1. The summed E-state index contributed by atoms with van der Waals surface area (Å²) in [5.41, 5.74) is -0.537. The van der Waals surface area contributed by atoms with Gasteiger partial charge in [-0.1, -0.05) is 46.5 Å². The van der Waals surface area contributed by atoms with Crippen LogP contribution in [0.15, 0.2) is 0 Å². The van der Waals surface area contributed by atoms with E-state index in [2.05, 4.69) is 26.1 Å². The van der Waals surface area contributed by atoms with Crippen molar-refractivity contribution in [1.82, 2.24) is 5.32 Å². The van der Waals surface area contributed by atoms with E-state index in [1.165, 1.54) is 25.7 Å². The van der Waals surface area contributed by atoms with Gasteiger partial charge in [0.1, 0.15) is 0 Å². The van der Waals surface area contributed by atoms with E-state index in [4.69, 9.17) is 0 Å². The quantitative estimate of drug-likeness (QED) is 0.620. The molecule has 2 N–H and O–H groups in total. The zero-order valence-electron chi connectivity index (χ0n) is 11.0. The van der Waals surface area contributed by atoms with E-state index < -0.39 is 5.60 Å². The molecular formula is C13H29NO. The Balaban J connectivity index is 3.90. The summed E-state index contributed by atoms with van der Waals surface area (Å²) in [7, 11) is 0. The first-order chi connectivity index (χ1) is 7.05. The minimum absolute atomic E-state index is 0.537. The Bertz CT molecular complexity index is 145. The van der Waals surface area contributed by atoms with Crippen LogP contribution < -0.4 is 5.32 Å². The molecule has 0 radical (unpaired) electrons. The van der Waals surface area contributed by atoms with Crippen molar-refractivity contribution in [1.29, 1.82) is 0 Å². The van der Waals surface area contributed by atoms with Crippen molar-refractivity contribution < 1.29 is 5.11 Å². The zero-order valence-corrected chi connectivity index (χ0v) is 11.0. The number of unbranched alkanes of at least 4 members (excludes halogenated alkanes) is 1. The molecule has 0 aromatic rings. The van der Waals surface area contributed by atoms with Crippen molar-refractivity contribution in [3.63, 3.8) is 0 Å². The molecule has 0 aromatic heterocycles. The second-order valence-corrected chi connectivity index (χ2v) is 4.90. The molecule has 0 aliphatic rings. The van der Waals surface area contributed by atoms with Gasteiger partial charge in [-0.3, -0.25) is 0 Å². The fourth-order valence-electron chi connectivity index (χ4n) is 2.03. The Morgan fingerprint density at radius 3 is 2.40 bits per heavy atom. The summed E-state index contributed by atoms with van der Waals surface area (Å²) < 4.78 is 0. The third kappa shape index (κ3) is 7.80. The molecule has 0 fully saturated rings. The maximum Gasteiger partial charge on any atom is 0.0746 e. The molecule has 0 amide bonds. The van der Waals surface area contributed by atoms with E-state index in [1.54, 1.807) is 0 Å². The summed E-state index contributed by atoms with van der Waals surface area (Å²) in [6.07, 6.45) is 5.91. The lowest BCUT2D eigenvalue weighted by Gasteiger charge is -2.28. The molecule has 2 nitrogen and oxygen atoms in total. The largest absolute Gasteiger partial charge is 0.389 e. The summed E-state index contributed by atoms with van der Waals surface area (Å²) in [4.78, 5) is 0. The highest BCUT2D eigenvalue weighted by molar-refractivity contribution is 4.78. The molecular weight excluding hydrogens is 186 g/mol. The molecule has 2 atom stereocenters. The monoisotopic (exact) mass is 215 g/mol. The Morgan fingerprint density at radius 1 is 1.27 bits per heavy atom. The van der Waals surface area contributed by atoms with Crippen molar-refractivity contribution in [3.8, 4) is 0 Å². The third-order valence-electron chi connectivity index (χ3n) is 3.03. The maximum absolute atomic E-state index is 10.2. The number of hydrogen-bond acceptors (Lipinski definition) is 2. The van der Waals surface area contributed by atoms with Crippen LogP contribution >= 0.6 is 0 Å². The normalized spacial score (nSPS) is 17.4. The topological polar surface area (TPSA) is 32.3 Å². The van der Waals surface area contributed by atoms with Gasteiger partial charge in [0.05, 0.1) is 5.60 Å². The fourth-order valence-corrected chi connectivity index (χ4v) is 2.03. The average molecular weight is 215 g/mol. The molecule has 0 bridgehead atoms. The highest BCUT2D eigenvalue weighted by Gasteiger charge is 2.23. The van der Waals surface area contributed by atoms with Crippen LogP contribution in [0.3, 0.4) is 0 Å². The van der Waals surface area contributed by atoms with Gasteiger partial charge in [-0.25, -0.2) is 0 Å². The first-order valence-electron chi connectivity index (χ1n) is 6.48. The predicted octanol–water partition coefficient (Wildman–Crippen LogP) is 2.95. The average Bonchev–Trinajstić information content (AvgIpc) is 2.21. The Kier molecular flexibility index (Phi) is 8.07. The standard InChI is InChI=1S/C13H29NO/c1-5-8-9-12(6-2)10-13(4,15)11-14-7-3/h12,14-15H,5-11H2,1-4H3. The third-order valence-corrected chi connectivity index (χ3v) is 3.03. The van der Waals surface area contributed by atoms with Crippen LogP contribution in [0.1, 0.15) is 59.8 Å². The predicted molar refractivity (Wildman–Crippen MR) is 67.1 cm³/mol. The molecule has 2 unspecified atom stereocenters. The second-order valence-electron chi connectivity index (χ2n) is 4.90. The van der Waals surface area contributed by atoms with Crippen LogP contribution in [0.25, 0.3) is 0 Å². The van der Waals surface area contributed by atoms with E-state index in [0.717, 1.165) is 13.0 Å². The molecule has 0 aliphatic carbocycles. The van der Waals surface area contributed by atoms with Gasteiger partial charge in [0, 0.05) is 6.54 Å². The Hall–Kier alpha value is -0.0800. The number of aliphatic hydroxyl groups is 1. The van der Waals surface area contributed by atoms with Crippen molar-refractivity contribution in [2.75, 3.05) is 13.1 Å². The van der Waals surface area contributed by atoms with Gasteiger partial charge in [0.2, 0.25) is 0 Å². The second kappa shape index (κ2) is 8.12. The smallest absolute Gasteiger partial charge is 0.0746 e. The summed E-state index contributed by atoms with van der Waals surface area (Å²) in [5.74, 6) is 0.679. The maximum atomic E-state index is 10.2. The highest BCUT2D eigenvalue weighted by atomic mass is 16.3. The molecule has 0 aliphatic heterocycles. The Labute approximate surface area is 95.5 Å². The SMILES string of the molecule is CCCCC(CC)CC(C)(O)CNCC. The highest BCUT2D eigenvalue weighted by Crippen LogP contribution is 2.23. The van der Waals surface area contributed by atoms with Gasteiger partial charge in [-0.15, -0.1) is 0 Å². The van der Waals surface area contributed by atoms with Crippen LogP contribution in [0.2, 0.25) is 0 Å². The van der Waals surface area contributed by atoms with Crippen molar-refractivity contribution in [2.45, 2.75) is 65.4 Å². The summed E-state index contributed by atoms with van der Waals surface area (Å²) in [6.45, 7) is 10.1. The molecule has 0 saturated carbocycles. The summed E-state index contributed by atoms with van der Waals surface area (Å²) in [6, 6.07) is 0. The molecule has 0 heterocycles. The fraction of sp³-hybridized carbons (Fsp3) is 1.00. The van der Waals surface area contributed by atoms with Crippen LogP contribution in [-0.4, -0.2) is 23.8 Å². The minimum Gasteiger partial charge on any atom is -0.389 e. The molecule has 92 valence electrons. The van der Waals surface area contributed by atoms with E-state index in [0.29, 0.717) is 12.5 Å². The molecule has 0 spiro atoms. The van der Waals surface area contributed by atoms with E-state index >= 15 is 0 Å².